The minimum Gasteiger partial charge on any atom is -0.361 e. The number of aromatic nitrogens is 1. The summed E-state index contributed by atoms with van der Waals surface area (Å²) in [6.07, 6.45) is 6.21. The van der Waals surface area contributed by atoms with E-state index >= 15 is 0 Å². The Hall–Kier alpha value is -4.68. The monoisotopic (exact) mass is 596 g/mol. The summed E-state index contributed by atoms with van der Waals surface area (Å²) in [5, 5.41) is 7.95. The number of likely N-dealkylation sites (tertiary alicyclic amines) is 1. The first-order valence-electron chi connectivity index (χ1n) is 16.2. The van der Waals surface area contributed by atoms with Gasteiger partial charge in [0.2, 0.25) is 11.8 Å². The van der Waals surface area contributed by atoms with Gasteiger partial charge in [-0.2, -0.15) is 0 Å². The predicted octanol–water partition coefficient (Wildman–Crippen LogP) is 6.18. The molecule has 4 aromatic carbocycles. The Labute approximate surface area is 264 Å². The van der Waals surface area contributed by atoms with Crippen molar-refractivity contribution in [3.63, 3.8) is 0 Å². The van der Waals surface area contributed by atoms with Crippen LogP contribution in [0.4, 0.5) is 0 Å². The van der Waals surface area contributed by atoms with Gasteiger partial charge in [-0.15, -0.1) is 0 Å². The highest BCUT2D eigenvalue weighted by molar-refractivity contribution is 5.90. The standard InChI is InChI=1S/C39H40N4O2/c44-38(17-15-27-8-2-1-3-9-27)42-37(24-31-26-41-36-13-7-6-12-35(31)36)39(45)43-20-18-32(19-21-43)40-25-28-14-16-34-30(22-28)23-29-10-4-5-11-33(29)34/h1-14,16,22,26,32,37,40-41H,15,17-21,23-25H2,(H,42,44)/t37-/m1/s1. The molecule has 228 valence electrons. The number of para-hydroxylation sites is 1. The fourth-order valence-corrected chi connectivity index (χ4v) is 6.98. The molecule has 1 aromatic heterocycles. The van der Waals surface area contributed by atoms with Crippen LogP contribution < -0.4 is 10.6 Å². The van der Waals surface area contributed by atoms with E-state index in [1.807, 2.05) is 59.6 Å². The molecule has 1 saturated heterocycles. The molecule has 1 fully saturated rings. The summed E-state index contributed by atoms with van der Waals surface area (Å²) in [5.41, 5.74) is 10.0. The van der Waals surface area contributed by atoms with Crippen LogP contribution in [0.2, 0.25) is 0 Å². The number of hydrogen-bond acceptors (Lipinski definition) is 3. The first-order chi connectivity index (χ1) is 22.1. The SMILES string of the molecule is O=C(CCc1ccccc1)N[C@H](Cc1c[nH]c2ccccc12)C(=O)N1CCC(NCc2ccc3c(c2)Cc2ccccc2-3)CC1. The number of nitrogens with zero attached hydrogens (tertiary/aromatic N) is 1. The number of fused-ring (bicyclic) bond motifs is 4. The molecule has 7 rings (SSSR count). The highest BCUT2D eigenvalue weighted by Gasteiger charge is 2.30. The zero-order valence-corrected chi connectivity index (χ0v) is 25.6. The lowest BCUT2D eigenvalue weighted by molar-refractivity contribution is -0.137. The highest BCUT2D eigenvalue weighted by atomic mass is 16.2. The van der Waals surface area contributed by atoms with Crippen molar-refractivity contribution >= 4 is 22.7 Å². The topological polar surface area (TPSA) is 77.2 Å². The van der Waals surface area contributed by atoms with Gasteiger partial charge in [-0.3, -0.25) is 9.59 Å². The van der Waals surface area contributed by atoms with E-state index in [1.165, 1.54) is 27.8 Å². The summed E-state index contributed by atoms with van der Waals surface area (Å²) in [7, 11) is 0. The maximum Gasteiger partial charge on any atom is 0.245 e. The lowest BCUT2D eigenvalue weighted by atomic mass is 9.99. The quantitative estimate of drug-likeness (QED) is 0.177. The highest BCUT2D eigenvalue weighted by Crippen LogP contribution is 2.36. The smallest absolute Gasteiger partial charge is 0.245 e. The fraction of sp³-hybridized carbons (Fsp3) is 0.282. The number of carbonyl (C=O) groups excluding carboxylic acids is 2. The molecular weight excluding hydrogens is 556 g/mol. The number of H-pyrrole nitrogens is 1. The second-order valence-corrected chi connectivity index (χ2v) is 12.5. The van der Waals surface area contributed by atoms with Gasteiger partial charge >= 0.3 is 0 Å². The van der Waals surface area contributed by atoms with Crippen LogP contribution in [0.1, 0.15) is 47.1 Å². The average molecular weight is 597 g/mol. The van der Waals surface area contributed by atoms with Crippen molar-refractivity contribution in [3.8, 4) is 11.1 Å². The van der Waals surface area contributed by atoms with Crippen LogP contribution in [-0.4, -0.2) is 46.9 Å². The average Bonchev–Trinajstić information content (AvgIpc) is 3.67. The molecule has 45 heavy (non-hydrogen) atoms. The molecule has 0 unspecified atom stereocenters. The van der Waals surface area contributed by atoms with Crippen LogP contribution in [0.5, 0.6) is 0 Å². The van der Waals surface area contributed by atoms with Crippen LogP contribution in [0.15, 0.2) is 103 Å². The van der Waals surface area contributed by atoms with Gasteiger partial charge in [0.05, 0.1) is 0 Å². The van der Waals surface area contributed by atoms with Crippen molar-refractivity contribution in [2.24, 2.45) is 0 Å². The number of carbonyl (C=O) groups is 2. The number of piperidine rings is 1. The number of aromatic amines is 1. The molecule has 1 aliphatic heterocycles. The second kappa shape index (κ2) is 13.1. The summed E-state index contributed by atoms with van der Waals surface area (Å²) in [5.74, 6) is -0.0870. The zero-order chi connectivity index (χ0) is 30.6. The van der Waals surface area contributed by atoms with Gasteiger partial charge in [0.15, 0.2) is 0 Å². The number of aryl methyl sites for hydroxylation is 1. The molecule has 2 amide bonds. The third-order valence-corrected chi connectivity index (χ3v) is 9.48. The van der Waals surface area contributed by atoms with E-state index < -0.39 is 6.04 Å². The van der Waals surface area contributed by atoms with E-state index in [2.05, 4.69) is 64.1 Å². The number of rotatable bonds is 10. The minimum absolute atomic E-state index is 0.00461. The third kappa shape index (κ3) is 6.57. The van der Waals surface area contributed by atoms with E-state index in [1.54, 1.807) is 0 Å². The molecule has 6 heteroatoms. The Morgan fingerprint density at radius 1 is 0.822 bits per heavy atom. The Morgan fingerprint density at radius 3 is 2.44 bits per heavy atom. The van der Waals surface area contributed by atoms with E-state index in [0.717, 1.165) is 47.8 Å². The van der Waals surface area contributed by atoms with Crippen LogP contribution in [0.25, 0.3) is 22.0 Å². The molecule has 1 aliphatic carbocycles. The minimum atomic E-state index is -0.604. The molecule has 6 nitrogen and oxygen atoms in total. The predicted molar refractivity (Wildman–Crippen MR) is 180 cm³/mol. The van der Waals surface area contributed by atoms with Gasteiger partial charge in [0.1, 0.15) is 6.04 Å². The van der Waals surface area contributed by atoms with Crippen LogP contribution in [0.3, 0.4) is 0 Å². The van der Waals surface area contributed by atoms with Crippen molar-refractivity contribution in [1.29, 1.82) is 0 Å². The molecule has 2 aliphatic rings. The third-order valence-electron chi connectivity index (χ3n) is 9.48. The molecule has 0 saturated carbocycles. The van der Waals surface area contributed by atoms with Gasteiger partial charge in [0.25, 0.3) is 0 Å². The van der Waals surface area contributed by atoms with Crippen molar-refractivity contribution in [3.05, 3.63) is 131 Å². The van der Waals surface area contributed by atoms with E-state index in [4.69, 9.17) is 0 Å². The van der Waals surface area contributed by atoms with Crippen LogP contribution in [-0.2, 0) is 35.4 Å². The Kier molecular flexibility index (Phi) is 8.48. The zero-order valence-electron chi connectivity index (χ0n) is 25.6. The number of nitrogens with one attached hydrogen (secondary N) is 3. The Balaban J connectivity index is 0.964. The Morgan fingerprint density at radius 2 is 1.58 bits per heavy atom. The Bertz CT molecular complexity index is 1800. The van der Waals surface area contributed by atoms with E-state index in [9.17, 15) is 9.59 Å². The lowest BCUT2D eigenvalue weighted by Gasteiger charge is -2.35. The number of amides is 2. The molecule has 5 aromatic rings. The molecular formula is C39H40N4O2. The number of benzene rings is 4. The summed E-state index contributed by atoms with van der Waals surface area (Å²) in [6, 6.07) is 33.4. The summed E-state index contributed by atoms with van der Waals surface area (Å²) in [6.45, 7) is 2.18. The van der Waals surface area contributed by atoms with Crippen molar-refractivity contribution in [2.75, 3.05) is 13.1 Å². The summed E-state index contributed by atoms with van der Waals surface area (Å²) < 4.78 is 0. The fourth-order valence-electron chi connectivity index (χ4n) is 6.98. The number of hydrogen-bond donors (Lipinski definition) is 3. The first-order valence-corrected chi connectivity index (χ1v) is 16.2. The van der Waals surface area contributed by atoms with Crippen molar-refractivity contribution in [1.82, 2.24) is 20.5 Å². The summed E-state index contributed by atoms with van der Waals surface area (Å²) in [4.78, 5) is 32.3. The van der Waals surface area contributed by atoms with Gasteiger partial charge in [-0.25, -0.2) is 0 Å². The molecule has 3 N–H and O–H groups in total. The molecule has 2 heterocycles. The largest absolute Gasteiger partial charge is 0.361 e. The van der Waals surface area contributed by atoms with Gasteiger partial charge in [-0.1, -0.05) is 91.0 Å². The first kappa shape index (κ1) is 29.1. The summed E-state index contributed by atoms with van der Waals surface area (Å²) >= 11 is 0. The second-order valence-electron chi connectivity index (χ2n) is 12.5. The van der Waals surface area contributed by atoms with Crippen molar-refractivity contribution in [2.45, 2.75) is 57.2 Å². The van der Waals surface area contributed by atoms with Crippen LogP contribution in [0, 0.1) is 0 Å². The van der Waals surface area contributed by atoms with Gasteiger partial charge in [0, 0.05) is 55.6 Å². The van der Waals surface area contributed by atoms with E-state index in [0.29, 0.717) is 38.4 Å². The van der Waals surface area contributed by atoms with Crippen molar-refractivity contribution < 1.29 is 9.59 Å². The van der Waals surface area contributed by atoms with Gasteiger partial charge < -0.3 is 20.5 Å². The lowest BCUT2D eigenvalue weighted by Crippen LogP contribution is -2.53. The maximum atomic E-state index is 13.9. The maximum absolute atomic E-state index is 13.9. The molecule has 1 atom stereocenters. The van der Waals surface area contributed by atoms with E-state index in [-0.39, 0.29) is 11.8 Å². The molecule has 0 bridgehead atoms. The molecule has 0 radical (unpaired) electrons. The molecule has 0 spiro atoms. The van der Waals surface area contributed by atoms with Gasteiger partial charge in [-0.05, 0) is 70.7 Å². The normalized spacial score (nSPS) is 15.1. The van der Waals surface area contributed by atoms with Crippen LogP contribution >= 0.6 is 0 Å².